The predicted molar refractivity (Wildman–Crippen MR) is 69.3 cm³/mol. The van der Waals surface area contributed by atoms with Crippen LogP contribution in [0.4, 0.5) is 5.82 Å². The molecule has 3 N–H and O–H groups in total. The third-order valence-electron chi connectivity index (χ3n) is 2.51. The number of hydrogen-bond acceptors (Lipinski definition) is 6. The van der Waals surface area contributed by atoms with Crippen LogP contribution in [0, 0.1) is 0 Å². The van der Waals surface area contributed by atoms with E-state index in [1.165, 1.54) is 19.5 Å². The summed E-state index contributed by atoms with van der Waals surface area (Å²) in [5.74, 6) is -0.430. The average molecular weight is 266 g/mol. The second-order valence-electron chi connectivity index (χ2n) is 3.93. The first-order chi connectivity index (χ1) is 9.15. The van der Waals surface area contributed by atoms with Crippen LogP contribution in [-0.2, 0) is 9.53 Å². The fourth-order valence-electron chi connectivity index (χ4n) is 1.48. The van der Waals surface area contributed by atoms with Crippen LogP contribution in [0.5, 0.6) is 0 Å². The highest BCUT2D eigenvalue weighted by Crippen LogP contribution is 2.03. The van der Waals surface area contributed by atoms with E-state index in [0.717, 1.165) is 19.3 Å². The predicted octanol–water partition coefficient (Wildman–Crippen LogP) is 0.522. The number of rotatable bonds is 7. The van der Waals surface area contributed by atoms with Crippen molar-refractivity contribution < 1.29 is 14.3 Å². The lowest BCUT2D eigenvalue weighted by Gasteiger charge is -2.05. The Kier molecular flexibility index (Phi) is 6.28. The molecule has 0 unspecified atom stereocenters. The zero-order valence-electron chi connectivity index (χ0n) is 10.9. The van der Waals surface area contributed by atoms with Gasteiger partial charge in [0.1, 0.15) is 0 Å². The van der Waals surface area contributed by atoms with Crippen molar-refractivity contribution in [2.24, 2.45) is 0 Å². The summed E-state index contributed by atoms with van der Waals surface area (Å²) in [6, 6.07) is 0. The molecule has 0 aromatic carbocycles. The maximum Gasteiger partial charge on any atom is 0.305 e. The van der Waals surface area contributed by atoms with E-state index in [1.54, 1.807) is 0 Å². The highest BCUT2D eigenvalue weighted by Gasteiger charge is 2.10. The number of nitrogens with zero attached hydrogens (tertiary/aromatic N) is 2. The molecule has 0 radical (unpaired) electrons. The second-order valence-corrected chi connectivity index (χ2v) is 3.93. The van der Waals surface area contributed by atoms with E-state index in [0.29, 0.717) is 13.0 Å². The minimum atomic E-state index is -0.335. The number of aromatic nitrogens is 2. The molecule has 0 bridgehead atoms. The van der Waals surface area contributed by atoms with Crippen molar-refractivity contribution in [2.75, 3.05) is 19.4 Å². The molecule has 0 saturated heterocycles. The zero-order chi connectivity index (χ0) is 14.1. The quantitative estimate of drug-likeness (QED) is 0.550. The van der Waals surface area contributed by atoms with Gasteiger partial charge in [0, 0.05) is 25.4 Å². The minimum Gasteiger partial charge on any atom is -0.469 e. The van der Waals surface area contributed by atoms with Crippen LogP contribution >= 0.6 is 0 Å². The van der Waals surface area contributed by atoms with Crippen LogP contribution < -0.4 is 11.1 Å². The Morgan fingerprint density at radius 1 is 1.26 bits per heavy atom. The molecule has 19 heavy (non-hydrogen) atoms. The Labute approximate surface area is 111 Å². The summed E-state index contributed by atoms with van der Waals surface area (Å²) < 4.78 is 4.53. The first kappa shape index (κ1) is 14.9. The van der Waals surface area contributed by atoms with Crippen molar-refractivity contribution in [3.63, 3.8) is 0 Å². The van der Waals surface area contributed by atoms with Gasteiger partial charge >= 0.3 is 5.97 Å². The van der Waals surface area contributed by atoms with Gasteiger partial charge in [0.05, 0.1) is 7.11 Å². The van der Waals surface area contributed by atoms with Gasteiger partial charge in [-0.15, -0.1) is 0 Å². The highest BCUT2D eigenvalue weighted by molar-refractivity contribution is 5.96. The number of amides is 1. The van der Waals surface area contributed by atoms with Crippen molar-refractivity contribution in [1.82, 2.24) is 15.3 Å². The van der Waals surface area contributed by atoms with E-state index in [-0.39, 0.29) is 23.4 Å². The van der Waals surface area contributed by atoms with Crippen LogP contribution in [0.3, 0.4) is 0 Å². The normalized spacial score (nSPS) is 9.95. The first-order valence-corrected chi connectivity index (χ1v) is 6.06. The van der Waals surface area contributed by atoms with Gasteiger partial charge in [-0.2, -0.15) is 0 Å². The van der Waals surface area contributed by atoms with Crippen LogP contribution in [-0.4, -0.2) is 35.5 Å². The third kappa shape index (κ3) is 5.33. The van der Waals surface area contributed by atoms with E-state index in [9.17, 15) is 9.59 Å². The second kappa shape index (κ2) is 8.02. The van der Waals surface area contributed by atoms with Crippen molar-refractivity contribution in [2.45, 2.75) is 25.7 Å². The summed E-state index contributed by atoms with van der Waals surface area (Å²) in [6.45, 7) is 0.510. The molecule has 0 aliphatic carbocycles. The molecule has 104 valence electrons. The zero-order valence-corrected chi connectivity index (χ0v) is 10.9. The maximum absolute atomic E-state index is 11.7. The number of methoxy groups -OCH3 is 1. The molecule has 1 heterocycles. The number of unbranched alkanes of at least 4 members (excludes halogenated alkanes) is 2. The Hall–Kier alpha value is -2.18. The monoisotopic (exact) mass is 266 g/mol. The van der Waals surface area contributed by atoms with Crippen LogP contribution in [0.15, 0.2) is 12.4 Å². The third-order valence-corrected chi connectivity index (χ3v) is 2.51. The molecular weight excluding hydrogens is 248 g/mol. The van der Waals surface area contributed by atoms with Crippen molar-refractivity contribution in [1.29, 1.82) is 0 Å². The number of hydrogen-bond donors (Lipinski definition) is 2. The number of anilines is 1. The average Bonchev–Trinajstić information content (AvgIpc) is 2.42. The molecule has 0 aliphatic rings. The van der Waals surface area contributed by atoms with E-state index in [1.807, 2.05) is 0 Å². The molecular formula is C12H18N4O3. The number of carbonyl (C=O) groups excluding carboxylic acids is 2. The van der Waals surface area contributed by atoms with Crippen molar-refractivity contribution in [3.05, 3.63) is 18.1 Å². The summed E-state index contributed by atoms with van der Waals surface area (Å²) >= 11 is 0. The molecule has 1 amide bonds. The minimum absolute atomic E-state index is 0.116. The van der Waals surface area contributed by atoms with E-state index in [2.05, 4.69) is 20.0 Å². The van der Waals surface area contributed by atoms with Crippen molar-refractivity contribution in [3.8, 4) is 0 Å². The lowest BCUT2D eigenvalue weighted by atomic mass is 10.2. The van der Waals surface area contributed by atoms with Crippen LogP contribution in [0.1, 0.15) is 36.2 Å². The van der Waals surface area contributed by atoms with Gasteiger partial charge in [-0.1, -0.05) is 6.42 Å². The van der Waals surface area contributed by atoms with E-state index >= 15 is 0 Å². The standard InChI is InChI=1S/C12H18N4O3/c1-19-9(17)5-3-2-4-6-16-12(18)10-11(13)15-8-7-14-10/h7-8H,2-6H2,1H3,(H2,13,15)(H,16,18). The van der Waals surface area contributed by atoms with Gasteiger partial charge in [0.2, 0.25) is 0 Å². The van der Waals surface area contributed by atoms with Crippen LogP contribution in [0.25, 0.3) is 0 Å². The van der Waals surface area contributed by atoms with E-state index in [4.69, 9.17) is 5.73 Å². The SMILES string of the molecule is COC(=O)CCCCCNC(=O)c1nccnc1N. The summed E-state index contributed by atoms with van der Waals surface area (Å²) in [5.41, 5.74) is 5.67. The number of nitrogens with one attached hydrogen (secondary N) is 1. The van der Waals surface area contributed by atoms with Crippen molar-refractivity contribution >= 4 is 17.7 Å². The lowest BCUT2D eigenvalue weighted by molar-refractivity contribution is -0.140. The van der Waals surface area contributed by atoms with Gasteiger partial charge < -0.3 is 15.8 Å². The topological polar surface area (TPSA) is 107 Å². The summed E-state index contributed by atoms with van der Waals surface area (Å²) in [5, 5.41) is 2.70. The number of nitrogen functional groups attached to an aromatic ring is 1. The van der Waals surface area contributed by atoms with Crippen LogP contribution in [0.2, 0.25) is 0 Å². The molecule has 1 aromatic rings. The Bertz CT molecular complexity index is 437. The fourth-order valence-corrected chi connectivity index (χ4v) is 1.48. The fraction of sp³-hybridized carbons (Fsp3) is 0.500. The lowest BCUT2D eigenvalue weighted by Crippen LogP contribution is -2.26. The summed E-state index contributed by atoms with van der Waals surface area (Å²) in [4.78, 5) is 30.2. The van der Waals surface area contributed by atoms with Gasteiger partial charge in [-0.05, 0) is 12.8 Å². The molecule has 0 saturated carbocycles. The molecule has 0 fully saturated rings. The maximum atomic E-state index is 11.7. The smallest absolute Gasteiger partial charge is 0.305 e. The number of carbonyl (C=O) groups is 2. The Morgan fingerprint density at radius 2 is 2.00 bits per heavy atom. The number of nitrogens with two attached hydrogens (primary N) is 1. The van der Waals surface area contributed by atoms with Gasteiger partial charge in [-0.3, -0.25) is 9.59 Å². The van der Waals surface area contributed by atoms with Gasteiger partial charge in [0.25, 0.3) is 5.91 Å². The summed E-state index contributed by atoms with van der Waals surface area (Å²) in [7, 11) is 1.37. The number of esters is 1. The van der Waals surface area contributed by atoms with E-state index < -0.39 is 0 Å². The molecule has 1 aromatic heterocycles. The number of ether oxygens (including phenoxy) is 1. The highest BCUT2D eigenvalue weighted by atomic mass is 16.5. The summed E-state index contributed by atoms with van der Waals surface area (Å²) in [6.07, 6.45) is 5.62. The molecule has 1 rings (SSSR count). The first-order valence-electron chi connectivity index (χ1n) is 6.06. The van der Waals surface area contributed by atoms with Gasteiger partial charge in [-0.25, -0.2) is 9.97 Å². The molecule has 7 nitrogen and oxygen atoms in total. The molecule has 0 spiro atoms. The molecule has 0 atom stereocenters. The Morgan fingerprint density at radius 3 is 2.68 bits per heavy atom. The van der Waals surface area contributed by atoms with Gasteiger partial charge in [0.15, 0.2) is 11.5 Å². The molecule has 0 aliphatic heterocycles. The largest absolute Gasteiger partial charge is 0.469 e. The molecule has 7 heteroatoms. The Balaban J connectivity index is 2.18.